The minimum absolute atomic E-state index is 0.113. The molecule has 2 aromatic heterocycles. The number of methoxy groups -OCH3 is 1. The number of rotatable bonds is 6. The van der Waals surface area contributed by atoms with Crippen molar-refractivity contribution in [2.45, 2.75) is 46.3 Å². The molecule has 1 unspecified atom stereocenters. The smallest absolute Gasteiger partial charge is 0.278 e. The molecule has 8 heteroatoms. The number of aryl methyl sites for hydroxylation is 1. The van der Waals surface area contributed by atoms with Crippen LogP contribution in [-0.2, 0) is 11.3 Å². The van der Waals surface area contributed by atoms with Gasteiger partial charge in [0.05, 0.1) is 35.9 Å². The average Bonchev–Trinajstić information content (AvgIpc) is 3.01. The first-order valence-corrected chi connectivity index (χ1v) is 9.20. The molecule has 148 valence electrons. The monoisotopic (exact) mass is 383 g/mol. The van der Waals surface area contributed by atoms with Crippen LogP contribution >= 0.6 is 0 Å². The van der Waals surface area contributed by atoms with Gasteiger partial charge in [0.2, 0.25) is 5.91 Å². The highest BCUT2D eigenvalue weighted by Crippen LogP contribution is 2.18. The van der Waals surface area contributed by atoms with Gasteiger partial charge in [0.25, 0.3) is 5.56 Å². The highest BCUT2D eigenvalue weighted by Gasteiger charge is 2.17. The van der Waals surface area contributed by atoms with Crippen molar-refractivity contribution in [3.63, 3.8) is 0 Å². The van der Waals surface area contributed by atoms with Gasteiger partial charge >= 0.3 is 0 Å². The number of aromatic nitrogens is 4. The Morgan fingerprint density at radius 3 is 2.50 bits per heavy atom. The number of nitrogens with one attached hydrogen (secondary N) is 1. The Hall–Kier alpha value is -3.16. The van der Waals surface area contributed by atoms with Crippen LogP contribution in [0.4, 0.5) is 0 Å². The zero-order valence-electron chi connectivity index (χ0n) is 16.8. The fourth-order valence-corrected chi connectivity index (χ4v) is 3.16. The molecule has 0 radical (unpaired) electrons. The van der Waals surface area contributed by atoms with Gasteiger partial charge in [-0.3, -0.25) is 14.3 Å². The van der Waals surface area contributed by atoms with Crippen LogP contribution in [0.25, 0.3) is 10.9 Å². The van der Waals surface area contributed by atoms with Crippen LogP contribution in [-0.4, -0.2) is 32.6 Å². The third-order valence-corrected chi connectivity index (χ3v) is 4.67. The van der Waals surface area contributed by atoms with Gasteiger partial charge in [-0.2, -0.15) is 10.2 Å². The van der Waals surface area contributed by atoms with Gasteiger partial charge in [-0.15, -0.1) is 0 Å². The van der Waals surface area contributed by atoms with Crippen LogP contribution in [0.2, 0.25) is 0 Å². The summed E-state index contributed by atoms with van der Waals surface area (Å²) in [5, 5.41) is 12.0. The summed E-state index contributed by atoms with van der Waals surface area (Å²) < 4.78 is 8.09. The summed E-state index contributed by atoms with van der Waals surface area (Å²) in [5.41, 5.74) is 1.95. The number of amides is 1. The van der Waals surface area contributed by atoms with Crippen molar-refractivity contribution < 1.29 is 9.53 Å². The summed E-state index contributed by atoms with van der Waals surface area (Å²) in [5.74, 6) is 0.467. The lowest BCUT2D eigenvalue weighted by Crippen LogP contribution is -2.35. The van der Waals surface area contributed by atoms with Crippen LogP contribution in [0.15, 0.2) is 35.3 Å². The second-order valence-electron chi connectivity index (χ2n) is 7.05. The number of ether oxygens (including phenoxy) is 1. The van der Waals surface area contributed by atoms with E-state index in [2.05, 4.69) is 15.5 Å². The van der Waals surface area contributed by atoms with E-state index < -0.39 is 0 Å². The number of nitrogens with zero attached hydrogens (tertiary/aromatic N) is 4. The zero-order chi connectivity index (χ0) is 20.4. The van der Waals surface area contributed by atoms with Crippen molar-refractivity contribution >= 4 is 16.8 Å². The first-order valence-electron chi connectivity index (χ1n) is 9.20. The number of carbonyl (C=O) groups excluding carboxylic acids is 1. The van der Waals surface area contributed by atoms with Crippen LogP contribution in [0.5, 0.6) is 5.75 Å². The molecule has 0 saturated heterocycles. The van der Waals surface area contributed by atoms with Crippen molar-refractivity contribution in [3.05, 3.63) is 52.1 Å². The molecule has 0 saturated carbocycles. The molecule has 0 aliphatic heterocycles. The summed E-state index contributed by atoms with van der Waals surface area (Å²) in [6.07, 6.45) is 1.59. The van der Waals surface area contributed by atoms with Crippen molar-refractivity contribution in [1.82, 2.24) is 24.9 Å². The lowest BCUT2D eigenvalue weighted by atomic mass is 10.1. The third-order valence-electron chi connectivity index (χ3n) is 4.67. The fraction of sp³-hybridized carbons (Fsp3) is 0.400. The molecular formula is C20H25N5O3. The van der Waals surface area contributed by atoms with Gasteiger partial charge in [-0.05, 0) is 45.4 Å². The second kappa shape index (κ2) is 7.84. The Bertz CT molecular complexity index is 1050. The number of hydrogen-bond acceptors (Lipinski definition) is 5. The molecule has 3 rings (SSSR count). The highest BCUT2D eigenvalue weighted by atomic mass is 16.5. The van der Waals surface area contributed by atoms with E-state index in [1.54, 1.807) is 24.9 Å². The average molecular weight is 383 g/mol. The first-order chi connectivity index (χ1) is 13.3. The summed E-state index contributed by atoms with van der Waals surface area (Å²) >= 11 is 0. The minimum Gasteiger partial charge on any atom is -0.497 e. The van der Waals surface area contributed by atoms with Crippen LogP contribution in [0, 0.1) is 6.92 Å². The molecule has 1 amide bonds. The van der Waals surface area contributed by atoms with Crippen LogP contribution < -0.4 is 15.6 Å². The molecular weight excluding hydrogens is 358 g/mol. The molecule has 3 aromatic rings. The number of carbonyl (C=O) groups is 1. The maximum Gasteiger partial charge on any atom is 0.278 e. The second-order valence-corrected chi connectivity index (χ2v) is 7.05. The number of hydrogen-bond donors (Lipinski definition) is 1. The summed E-state index contributed by atoms with van der Waals surface area (Å²) in [7, 11) is 1.61. The van der Waals surface area contributed by atoms with E-state index >= 15 is 0 Å². The van der Waals surface area contributed by atoms with Crippen molar-refractivity contribution in [2.24, 2.45) is 0 Å². The van der Waals surface area contributed by atoms with Crippen LogP contribution in [0.1, 0.15) is 44.1 Å². The van der Waals surface area contributed by atoms with Gasteiger partial charge in [-0.1, -0.05) is 12.1 Å². The van der Waals surface area contributed by atoms with E-state index in [0.29, 0.717) is 16.6 Å². The van der Waals surface area contributed by atoms with Gasteiger partial charge in [0.1, 0.15) is 12.3 Å². The van der Waals surface area contributed by atoms with Gasteiger partial charge in [0, 0.05) is 6.04 Å². The summed E-state index contributed by atoms with van der Waals surface area (Å²) in [6, 6.07) is 7.37. The summed E-state index contributed by atoms with van der Waals surface area (Å²) in [4.78, 5) is 25.2. The van der Waals surface area contributed by atoms with E-state index in [9.17, 15) is 9.59 Å². The molecule has 1 aromatic carbocycles. The Morgan fingerprint density at radius 1 is 1.21 bits per heavy atom. The number of benzene rings is 1. The molecule has 2 heterocycles. The molecule has 28 heavy (non-hydrogen) atoms. The largest absolute Gasteiger partial charge is 0.497 e. The Morgan fingerprint density at radius 2 is 1.89 bits per heavy atom. The Kier molecular flexibility index (Phi) is 5.48. The van der Waals surface area contributed by atoms with E-state index in [0.717, 1.165) is 11.3 Å². The van der Waals surface area contributed by atoms with E-state index in [-0.39, 0.29) is 30.1 Å². The number of fused-ring (bicyclic) bond motifs is 1. The quantitative estimate of drug-likeness (QED) is 0.706. The maximum atomic E-state index is 12.8. The minimum atomic E-state index is -0.311. The standard InChI is InChI=1S/C20H25N5O3/c1-12(2)25-17-10-21-24(20(27)19(17)14(4)23-25)11-18(26)22-13(3)15-6-8-16(28-5)9-7-15/h6-10,12-13H,11H2,1-5H3,(H,22,26). The fourth-order valence-electron chi connectivity index (χ4n) is 3.16. The molecule has 8 nitrogen and oxygen atoms in total. The molecule has 0 fully saturated rings. The predicted molar refractivity (Wildman–Crippen MR) is 106 cm³/mol. The molecule has 0 aliphatic rings. The third kappa shape index (κ3) is 3.76. The van der Waals surface area contributed by atoms with Gasteiger partial charge in [0.15, 0.2) is 0 Å². The molecule has 0 aliphatic carbocycles. The van der Waals surface area contributed by atoms with Crippen molar-refractivity contribution in [3.8, 4) is 5.75 Å². The lowest BCUT2D eigenvalue weighted by Gasteiger charge is -2.15. The summed E-state index contributed by atoms with van der Waals surface area (Å²) in [6.45, 7) is 7.51. The van der Waals surface area contributed by atoms with Crippen LogP contribution in [0.3, 0.4) is 0 Å². The van der Waals surface area contributed by atoms with E-state index in [1.807, 2.05) is 45.0 Å². The normalized spacial score (nSPS) is 12.4. The van der Waals surface area contributed by atoms with Gasteiger partial charge < -0.3 is 10.1 Å². The lowest BCUT2D eigenvalue weighted by molar-refractivity contribution is -0.122. The topological polar surface area (TPSA) is 91.0 Å². The molecule has 0 spiro atoms. The van der Waals surface area contributed by atoms with E-state index in [4.69, 9.17) is 4.74 Å². The van der Waals surface area contributed by atoms with E-state index in [1.165, 1.54) is 4.68 Å². The molecule has 1 atom stereocenters. The zero-order valence-corrected chi connectivity index (χ0v) is 16.8. The highest BCUT2D eigenvalue weighted by molar-refractivity contribution is 5.81. The molecule has 1 N–H and O–H groups in total. The Labute approximate surface area is 163 Å². The Balaban J connectivity index is 1.78. The first kappa shape index (κ1) is 19.6. The predicted octanol–water partition coefficient (Wildman–Crippen LogP) is 2.37. The SMILES string of the molecule is COc1ccc(C(C)NC(=O)Cn2ncc3c(c(C)nn3C(C)C)c2=O)cc1. The van der Waals surface area contributed by atoms with Crippen molar-refractivity contribution in [1.29, 1.82) is 0 Å². The molecule has 0 bridgehead atoms. The van der Waals surface area contributed by atoms with Crippen molar-refractivity contribution in [2.75, 3.05) is 7.11 Å². The van der Waals surface area contributed by atoms with Gasteiger partial charge in [-0.25, -0.2) is 4.68 Å². The maximum absolute atomic E-state index is 12.8.